The van der Waals surface area contributed by atoms with E-state index >= 15 is 0 Å². The van der Waals surface area contributed by atoms with Crippen LogP contribution >= 0.6 is 15.9 Å². The van der Waals surface area contributed by atoms with E-state index < -0.39 is 35.2 Å². The molecule has 0 bridgehead atoms. The third kappa shape index (κ3) is 2.77. The maximum atomic E-state index is 13.4. The zero-order valence-electron chi connectivity index (χ0n) is 8.22. The first-order valence-electron chi connectivity index (χ1n) is 4.25. The molecule has 1 rings (SSSR count). The van der Waals surface area contributed by atoms with Crippen LogP contribution in [0.5, 0.6) is 0 Å². The van der Waals surface area contributed by atoms with Gasteiger partial charge in [-0.05, 0) is 22.0 Å². The molecule has 0 aliphatic carbocycles. The number of nitrogens with one attached hydrogen (secondary N) is 1. The molecule has 4 nitrogen and oxygen atoms in total. The van der Waals surface area contributed by atoms with E-state index in [1.165, 1.54) is 6.07 Å². The molecule has 0 fully saturated rings. The number of halogens is 3. The average molecular weight is 300 g/mol. The first-order valence-corrected chi connectivity index (χ1v) is 5.05. The number of amides is 1. The number of carbonyl (C=O) groups is 1. The summed E-state index contributed by atoms with van der Waals surface area (Å²) in [5.41, 5.74) is -0.908. The number of rotatable bonds is 2. The van der Waals surface area contributed by atoms with Crippen LogP contribution in [0.2, 0.25) is 0 Å². The third-order valence-electron chi connectivity index (χ3n) is 1.78. The molecule has 1 aromatic carbocycles. The summed E-state index contributed by atoms with van der Waals surface area (Å²) >= 11 is 2.74. The maximum absolute atomic E-state index is 13.4. The predicted molar refractivity (Wildman–Crippen MR) is 57.6 cm³/mol. The van der Waals surface area contributed by atoms with Gasteiger partial charge in [0.05, 0.1) is 21.8 Å². The molecule has 1 amide bonds. The van der Waals surface area contributed by atoms with Crippen molar-refractivity contribution in [3.8, 4) is 12.1 Å². The van der Waals surface area contributed by atoms with E-state index in [1.54, 1.807) is 6.07 Å². The van der Waals surface area contributed by atoms with Crippen molar-refractivity contribution in [3.05, 3.63) is 27.7 Å². The molecular weight excluding hydrogens is 296 g/mol. The Morgan fingerprint density at radius 2 is 2.12 bits per heavy atom. The standard InChI is InChI=1S/C10H4BrF2N3O/c11-8-9(13)5(4-15)3-6(12)10(8)16-7(17)1-2-14/h3H,1H2,(H,16,17). The van der Waals surface area contributed by atoms with Gasteiger partial charge in [0.25, 0.3) is 0 Å². The molecule has 86 valence electrons. The molecular formula is C10H4BrF2N3O. The van der Waals surface area contributed by atoms with Crippen LogP contribution in [0.15, 0.2) is 10.5 Å². The first-order chi connectivity index (χ1) is 8.01. The molecule has 0 aliphatic rings. The van der Waals surface area contributed by atoms with Crippen molar-refractivity contribution in [1.82, 2.24) is 0 Å². The monoisotopic (exact) mass is 299 g/mol. The molecule has 0 spiro atoms. The highest BCUT2D eigenvalue weighted by Gasteiger charge is 2.18. The minimum Gasteiger partial charge on any atom is -0.322 e. The Kier molecular flexibility index (Phi) is 4.13. The lowest BCUT2D eigenvalue weighted by molar-refractivity contribution is -0.115. The van der Waals surface area contributed by atoms with Crippen molar-refractivity contribution < 1.29 is 13.6 Å². The van der Waals surface area contributed by atoms with Gasteiger partial charge >= 0.3 is 0 Å². The molecule has 0 saturated heterocycles. The summed E-state index contributed by atoms with van der Waals surface area (Å²) in [6.07, 6.45) is -0.479. The van der Waals surface area contributed by atoms with Crippen LogP contribution in [0.4, 0.5) is 14.5 Å². The summed E-state index contributed by atoms with van der Waals surface area (Å²) < 4.78 is 26.5. The fourth-order valence-corrected chi connectivity index (χ4v) is 1.55. The zero-order chi connectivity index (χ0) is 13.0. The van der Waals surface area contributed by atoms with Gasteiger partial charge in [-0.3, -0.25) is 4.79 Å². The zero-order valence-corrected chi connectivity index (χ0v) is 9.81. The minimum atomic E-state index is -0.971. The van der Waals surface area contributed by atoms with E-state index in [0.717, 1.165) is 0 Å². The van der Waals surface area contributed by atoms with Gasteiger partial charge in [0, 0.05) is 0 Å². The Bertz CT molecular complexity index is 560. The van der Waals surface area contributed by atoms with E-state index in [4.69, 9.17) is 10.5 Å². The number of nitriles is 2. The van der Waals surface area contributed by atoms with Gasteiger partial charge in [0.1, 0.15) is 18.3 Å². The van der Waals surface area contributed by atoms with Crippen molar-refractivity contribution >= 4 is 27.5 Å². The lowest BCUT2D eigenvalue weighted by atomic mass is 10.2. The predicted octanol–water partition coefficient (Wildman–Crippen LogP) is 2.45. The molecule has 0 radical (unpaired) electrons. The Hall–Kier alpha value is -1.99. The molecule has 0 saturated carbocycles. The summed E-state index contributed by atoms with van der Waals surface area (Å²) in [5, 5.41) is 18.8. The normalized spacial score (nSPS) is 9.24. The molecule has 0 heterocycles. The van der Waals surface area contributed by atoms with Crippen molar-refractivity contribution in [3.63, 3.8) is 0 Å². The molecule has 0 unspecified atom stereocenters. The summed E-state index contributed by atoms with van der Waals surface area (Å²) in [6.45, 7) is 0. The Morgan fingerprint density at radius 3 is 2.65 bits per heavy atom. The largest absolute Gasteiger partial charge is 0.322 e. The number of carbonyl (C=O) groups excluding carboxylic acids is 1. The van der Waals surface area contributed by atoms with Crippen LogP contribution in [0.3, 0.4) is 0 Å². The fourth-order valence-electron chi connectivity index (χ4n) is 1.05. The average Bonchev–Trinajstić information content (AvgIpc) is 2.29. The molecule has 1 aromatic rings. The second-order valence-electron chi connectivity index (χ2n) is 2.90. The van der Waals surface area contributed by atoms with E-state index in [1.807, 2.05) is 5.32 Å². The summed E-state index contributed by atoms with van der Waals surface area (Å²) in [6, 6.07) is 3.71. The van der Waals surface area contributed by atoms with Gasteiger partial charge in [-0.1, -0.05) is 0 Å². The van der Waals surface area contributed by atoms with Gasteiger partial charge in [0.2, 0.25) is 5.91 Å². The first kappa shape index (κ1) is 13.1. The molecule has 7 heteroatoms. The lowest BCUT2D eigenvalue weighted by Gasteiger charge is -2.08. The number of benzene rings is 1. The van der Waals surface area contributed by atoms with Gasteiger partial charge < -0.3 is 5.32 Å². The van der Waals surface area contributed by atoms with Gasteiger partial charge in [-0.15, -0.1) is 0 Å². The molecule has 0 atom stereocenters. The highest BCUT2D eigenvalue weighted by molar-refractivity contribution is 9.10. The number of nitrogens with zero attached hydrogens (tertiary/aromatic N) is 2. The Morgan fingerprint density at radius 1 is 1.47 bits per heavy atom. The van der Waals surface area contributed by atoms with E-state index in [2.05, 4.69) is 15.9 Å². The molecule has 17 heavy (non-hydrogen) atoms. The van der Waals surface area contributed by atoms with Crippen molar-refractivity contribution in [2.75, 3.05) is 5.32 Å². The van der Waals surface area contributed by atoms with E-state index in [9.17, 15) is 13.6 Å². The van der Waals surface area contributed by atoms with E-state index in [-0.39, 0.29) is 4.47 Å². The minimum absolute atomic E-state index is 0.361. The van der Waals surface area contributed by atoms with Crippen molar-refractivity contribution in [2.45, 2.75) is 6.42 Å². The van der Waals surface area contributed by atoms with Gasteiger partial charge in [-0.2, -0.15) is 10.5 Å². The van der Waals surface area contributed by atoms with Crippen LogP contribution in [0.1, 0.15) is 12.0 Å². The highest BCUT2D eigenvalue weighted by Crippen LogP contribution is 2.30. The number of anilines is 1. The van der Waals surface area contributed by atoms with E-state index in [0.29, 0.717) is 6.07 Å². The van der Waals surface area contributed by atoms with Crippen LogP contribution in [-0.4, -0.2) is 5.91 Å². The molecule has 0 aromatic heterocycles. The lowest BCUT2D eigenvalue weighted by Crippen LogP contribution is -2.13. The smallest absolute Gasteiger partial charge is 0.238 e. The van der Waals surface area contributed by atoms with Crippen LogP contribution in [0, 0.1) is 34.3 Å². The number of hydrogen-bond donors (Lipinski definition) is 1. The topological polar surface area (TPSA) is 76.7 Å². The fraction of sp³-hybridized carbons (Fsp3) is 0.100. The third-order valence-corrected chi connectivity index (χ3v) is 2.53. The Labute approximate surface area is 104 Å². The van der Waals surface area contributed by atoms with Crippen molar-refractivity contribution in [1.29, 1.82) is 10.5 Å². The number of hydrogen-bond acceptors (Lipinski definition) is 3. The Balaban J connectivity index is 3.19. The summed E-state index contributed by atoms with van der Waals surface area (Å²) in [4.78, 5) is 11.1. The van der Waals surface area contributed by atoms with Gasteiger partial charge in [-0.25, -0.2) is 8.78 Å². The van der Waals surface area contributed by atoms with Crippen LogP contribution in [-0.2, 0) is 4.79 Å². The molecule has 1 N–H and O–H groups in total. The highest BCUT2D eigenvalue weighted by atomic mass is 79.9. The van der Waals surface area contributed by atoms with Gasteiger partial charge in [0.15, 0.2) is 5.82 Å². The summed E-state index contributed by atoms with van der Waals surface area (Å²) in [7, 11) is 0. The van der Waals surface area contributed by atoms with Crippen molar-refractivity contribution in [2.24, 2.45) is 0 Å². The van der Waals surface area contributed by atoms with Crippen LogP contribution < -0.4 is 5.32 Å². The van der Waals surface area contributed by atoms with Crippen LogP contribution in [0.25, 0.3) is 0 Å². The second-order valence-corrected chi connectivity index (χ2v) is 3.70. The quantitative estimate of drug-likeness (QED) is 0.852. The molecule has 0 aliphatic heterocycles. The SMILES string of the molecule is N#CCC(=O)Nc1c(F)cc(C#N)c(F)c1Br. The summed E-state index contributed by atoms with van der Waals surface area (Å²) in [5.74, 6) is -2.70. The maximum Gasteiger partial charge on any atom is 0.238 e. The second kappa shape index (κ2) is 5.37.